The molecule has 84 valence electrons. The Bertz CT molecular complexity index is 375. The third-order valence-electron chi connectivity index (χ3n) is 3.33. The van der Waals surface area contributed by atoms with Crippen molar-refractivity contribution in [3.63, 3.8) is 0 Å². The van der Waals surface area contributed by atoms with Crippen LogP contribution in [0.15, 0.2) is 4.47 Å². The van der Waals surface area contributed by atoms with Gasteiger partial charge in [-0.3, -0.25) is 4.68 Å². The quantitative estimate of drug-likeness (QED) is 0.915. The van der Waals surface area contributed by atoms with E-state index in [1.165, 1.54) is 0 Å². The summed E-state index contributed by atoms with van der Waals surface area (Å²) in [6.07, 6.45) is 1.65. The van der Waals surface area contributed by atoms with Gasteiger partial charge in [-0.15, -0.1) is 0 Å². The van der Waals surface area contributed by atoms with Crippen LogP contribution < -0.4 is 0 Å². The maximum absolute atomic E-state index is 10.0. The molecular weight excluding hydrogens is 256 g/mol. The van der Waals surface area contributed by atoms with E-state index >= 15 is 0 Å². The molecule has 0 amide bonds. The van der Waals surface area contributed by atoms with Crippen molar-refractivity contribution >= 4 is 15.9 Å². The molecule has 0 aliphatic heterocycles. The van der Waals surface area contributed by atoms with E-state index in [2.05, 4.69) is 28.0 Å². The van der Waals surface area contributed by atoms with Crippen LogP contribution in [0.3, 0.4) is 0 Å². The van der Waals surface area contributed by atoms with Crippen LogP contribution in [0.25, 0.3) is 0 Å². The largest absolute Gasteiger partial charge is 0.392 e. The van der Waals surface area contributed by atoms with E-state index in [1.54, 1.807) is 0 Å². The van der Waals surface area contributed by atoms with Crippen molar-refractivity contribution in [3.05, 3.63) is 15.9 Å². The number of aliphatic hydroxyl groups excluding tert-OH is 1. The van der Waals surface area contributed by atoms with Gasteiger partial charge in [0.1, 0.15) is 0 Å². The Hall–Kier alpha value is -0.350. The number of hydrogen-bond acceptors (Lipinski definition) is 2. The summed E-state index contributed by atoms with van der Waals surface area (Å²) in [5.74, 6) is 1.18. The smallest absolute Gasteiger partial charge is 0.0738 e. The minimum absolute atomic E-state index is 0.217. The van der Waals surface area contributed by atoms with Crippen LogP contribution in [0.4, 0.5) is 0 Å². The monoisotopic (exact) mass is 272 g/mol. The predicted octanol–water partition coefficient (Wildman–Crippen LogP) is 2.05. The van der Waals surface area contributed by atoms with Gasteiger partial charge >= 0.3 is 0 Å². The van der Waals surface area contributed by atoms with Gasteiger partial charge in [0.05, 0.1) is 22.0 Å². The SMILES string of the molecule is Cc1nn(C)c(CC(O)C2CC2C)c1Br. The Kier molecular flexibility index (Phi) is 2.90. The first-order chi connectivity index (χ1) is 7.00. The van der Waals surface area contributed by atoms with Crippen LogP contribution in [0.2, 0.25) is 0 Å². The minimum atomic E-state index is -0.217. The molecule has 0 aromatic carbocycles. The van der Waals surface area contributed by atoms with Gasteiger partial charge in [0.2, 0.25) is 0 Å². The number of nitrogens with zero attached hydrogens (tertiary/aromatic N) is 2. The summed E-state index contributed by atoms with van der Waals surface area (Å²) in [6, 6.07) is 0. The zero-order chi connectivity index (χ0) is 11.2. The molecule has 0 saturated heterocycles. The summed E-state index contributed by atoms with van der Waals surface area (Å²) < 4.78 is 2.90. The summed E-state index contributed by atoms with van der Waals surface area (Å²) in [6.45, 7) is 4.16. The van der Waals surface area contributed by atoms with E-state index in [0.717, 1.165) is 22.3 Å². The van der Waals surface area contributed by atoms with E-state index in [4.69, 9.17) is 0 Å². The summed E-state index contributed by atoms with van der Waals surface area (Å²) in [5.41, 5.74) is 2.09. The van der Waals surface area contributed by atoms with E-state index in [-0.39, 0.29) is 6.10 Å². The fourth-order valence-electron chi connectivity index (χ4n) is 2.14. The minimum Gasteiger partial charge on any atom is -0.392 e. The Morgan fingerprint density at radius 1 is 1.67 bits per heavy atom. The third kappa shape index (κ3) is 2.11. The predicted molar refractivity (Wildman–Crippen MR) is 62.6 cm³/mol. The van der Waals surface area contributed by atoms with Crippen molar-refractivity contribution in [1.82, 2.24) is 9.78 Å². The lowest BCUT2D eigenvalue weighted by atomic mass is 10.1. The fourth-order valence-corrected chi connectivity index (χ4v) is 2.64. The third-order valence-corrected chi connectivity index (χ3v) is 4.36. The molecule has 1 N–H and O–H groups in total. The Labute approximate surface area is 98.6 Å². The van der Waals surface area contributed by atoms with Crippen molar-refractivity contribution in [2.24, 2.45) is 18.9 Å². The van der Waals surface area contributed by atoms with Gasteiger partial charge in [-0.2, -0.15) is 5.10 Å². The maximum Gasteiger partial charge on any atom is 0.0738 e. The average molecular weight is 273 g/mol. The van der Waals surface area contributed by atoms with Crippen LogP contribution in [-0.4, -0.2) is 21.0 Å². The van der Waals surface area contributed by atoms with Gasteiger partial charge in [0.25, 0.3) is 0 Å². The highest BCUT2D eigenvalue weighted by atomic mass is 79.9. The van der Waals surface area contributed by atoms with Gasteiger partial charge in [-0.05, 0) is 41.1 Å². The molecule has 1 aliphatic carbocycles. The number of hydrogen-bond donors (Lipinski definition) is 1. The number of rotatable bonds is 3. The van der Waals surface area contributed by atoms with Crippen molar-refractivity contribution in [2.75, 3.05) is 0 Å². The highest BCUT2D eigenvalue weighted by molar-refractivity contribution is 9.10. The Morgan fingerprint density at radius 2 is 2.27 bits per heavy atom. The second-order valence-electron chi connectivity index (χ2n) is 4.62. The van der Waals surface area contributed by atoms with Crippen LogP contribution >= 0.6 is 15.9 Å². The molecule has 0 spiro atoms. The Morgan fingerprint density at radius 3 is 2.67 bits per heavy atom. The molecule has 1 aromatic rings. The molecular formula is C11H17BrN2O. The van der Waals surface area contributed by atoms with Crippen LogP contribution in [0, 0.1) is 18.8 Å². The maximum atomic E-state index is 10.0. The van der Waals surface area contributed by atoms with E-state index in [9.17, 15) is 5.11 Å². The van der Waals surface area contributed by atoms with Crippen molar-refractivity contribution in [1.29, 1.82) is 0 Å². The summed E-state index contributed by atoms with van der Waals surface area (Å²) >= 11 is 3.52. The molecule has 1 aromatic heterocycles. The molecule has 3 atom stereocenters. The van der Waals surface area contributed by atoms with E-state index in [0.29, 0.717) is 18.3 Å². The van der Waals surface area contributed by atoms with Crippen LogP contribution in [0.1, 0.15) is 24.7 Å². The molecule has 3 unspecified atom stereocenters. The zero-order valence-electron chi connectivity index (χ0n) is 9.37. The molecule has 0 bridgehead atoms. The molecule has 1 aliphatic rings. The van der Waals surface area contributed by atoms with Gasteiger partial charge < -0.3 is 5.11 Å². The van der Waals surface area contributed by atoms with Gasteiger partial charge in [0.15, 0.2) is 0 Å². The first-order valence-electron chi connectivity index (χ1n) is 5.36. The van der Waals surface area contributed by atoms with Gasteiger partial charge in [-0.1, -0.05) is 6.92 Å². The van der Waals surface area contributed by atoms with Crippen molar-refractivity contribution in [2.45, 2.75) is 32.8 Å². The topological polar surface area (TPSA) is 38.0 Å². The zero-order valence-corrected chi connectivity index (χ0v) is 11.0. The molecule has 15 heavy (non-hydrogen) atoms. The van der Waals surface area contributed by atoms with Crippen molar-refractivity contribution < 1.29 is 5.11 Å². The highest BCUT2D eigenvalue weighted by Crippen LogP contribution is 2.41. The molecule has 1 fully saturated rings. The Balaban J connectivity index is 2.10. The molecule has 1 saturated carbocycles. The lowest BCUT2D eigenvalue weighted by Gasteiger charge is -2.10. The molecule has 4 heteroatoms. The summed E-state index contributed by atoms with van der Waals surface area (Å²) in [5, 5.41) is 14.3. The molecule has 2 rings (SSSR count). The molecule has 0 radical (unpaired) electrons. The summed E-state index contributed by atoms with van der Waals surface area (Å²) in [7, 11) is 1.93. The van der Waals surface area contributed by atoms with Crippen LogP contribution in [-0.2, 0) is 13.5 Å². The molecule has 1 heterocycles. The second-order valence-corrected chi connectivity index (χ2v) is 5.41. The first kappa shape index (κ1) is 11.1. The molecule has 3 nitrogen and oxygen atoms in total. The first-order valence-corrected chi connectivity index (χ1v) is 6.16. The second kappa shape index (κ2) is 3.91. The average Bonchev–Trinajstić information content (AvgIpc) is 2.84. The normalized spacial score (nSPS) is 26.7. The van der Waals surface area contributed by atoms with E-state index < -0.39 is 0 Å². The number of aryl methyl sites for hydroxylation is 2. The van der Waals surface area contributed by atoms with E-state index in [1.807, 2.05) is 18.7 Å². The summed E-state index contributed by atoms with van der Waals surface area (Å²) in [4.78, 5) is 0. The van der Waals surface area contributed by atoms with Gasteiger partial charge in [0, 0.05) is 13.5 Å². The standard InChI is InChI=1S/C11H17BrN2O/c1-6-4-8(6)10(15)5-9-11(12)7(2)13-14(9)3/h6,8,10,15H,4-5H2,1-3H3. The van der Waals surface area contributed by atoms with Gasteiger partial charge in [-0.25, -0.2) is 0 Å². The lowest BCUT2D eigenvalue weighted by Crippen LogP contribution is -2.16. The van der Waals surface area contributed by atoms with Crippen LogP contribution in [0.5, 0.6) is 0 Å². The lowest BCUT2D eigenvalue weighted by molar-refractivity contribution is 0.144. The van der Waals surface area contributed by atoms with Crippen molar-refractivity contribution in [3.8, 4) is 0 Å². The fraction of sp³-hybridized carbons (Fsp3) is 0.727. The number of aliphatic hydroxyl groups is 1. The number of aromatic nitrogens is 2. The highest BCUT2D eigenvalue weighted by Gasteiger charge is 2.39. The number of halogens is 1.